The number of nitrogens with zero attached hydrogens (tertiary/aromatic N) is 7. The number of thiazole rings is 5. The van der Waals surface area contributed by atoms with Crippen molar-refractivity contribution < 1.29 is 91.9 Å². The number of likely N-dealkylation sites (N-methyl/N-ethyl adjacent to an activating group) is 1. The highest BCUT2D eigenvalue weighted by Crippen LogP contribution is 2.41. The molecule has 0 unspecified atom stereocenters. The van der Waals surface area contributed by atoms with Gasteiger partial charge < -0.3 is 60.7 Å². The van der Waals surface area contributed by atoms with Gasteiger partial charge in [-0.05, 0) is 291 Å². The lowest BCUT2D eigenvalue weighted by molar-refractivity contribution is -0.137. The van der Waals surface area contributed by atoms with Gasteiger partial charge >= 0.3 is 12.3 Å². The molecule has 14 N–H and O–H groups in total. The third kappa shape index (κ3) is 29.3. The highest BCUT2D eigenvalue weighted by molar-refractivity contribution is 7.24. The summed E-state index contributed by atoms with van der Waals surface area (Å²) < 4.78 is 61.9. The first kappa shape index (κ1) is 113. The van der Waals surface area contributed by atoms with Crippen molar-refractivity contribution >= 4 is 239 Å². The number of carbonyl (C=O) groups excluding carboxylic acids is 6. The van der Waals surface area contributed by atoms with Gasteiger partial charge in [-0.2, -0.15) is 13.2 Å². The summed E-state index contributed by atoms with van der Waals surface area (Å²) >= 11 is 36.4. The van der Waals surface area contributed by atoms with Crippen LogP contribution in [0.5, 0.6) is 28.7 Å². The fraction of sp³-hybridized carbons (Fsp3) is 0.297. The smallest absolute Gasteiger partial charge is 0.416 e. The average molecular weight is 2190 g/mol. The summed E-state index contributed by atoms with van der Waals surface area (Å²) in [5.74, 6) is -3.09. The molecule has 0 aliphatic carbocycles. The molecule has 15 aromatic rings. The molecule has 6 amide bonds. The zero-order valence-electron chi connectivity index (χ0n) is 79.5. The molecule has 2 aliphatic rings. The van der Waals surface area contributed by atoms with Gasteiger partial charge in [-0.15, -0.1) is 12.4 Å². The number of aryl methyl sites for hydroxylation is 8. The first-order chi connectivity index (χ1) is 67.7. The van der Waals surface area contributed by atoms with Gasteiger partial charge in [-0.3, -0.25) is 50.6 Å². The Labute approximate surface area is 876 Å². The van der Waals surface area contributed by atoms with Crippen LogP contribution in [0.25, 0.3) is 51.1 Å². The zero-order valence-corrected chi connectivity index (χ0v) is 88.2. The summed E-state index contributed by atoms with van der Waals surface area (Å²) in [7, 11) is 1.62. The van der Waals surface area contributed by atoms with Gasteiger partial charge in [0.25, 0.3) is 29.5 Å². The number of benzene rings is 10. The maximum Gasteiger partial charge on any atom is 0.416 e. The fourth-order valence-corrected chi connectivity index (χ4v) is 21.2. The summed E-state index contributed by atoms with van der Waals surface area (Å²) in [6.45, 7) is 23.9. The van der Waals surface area contributed by atoms with Gasteiger partial charge in [0, 0.05) is 50.8 Å². The van der Waals surface area contributed by atoms with Crippen LogP contribution in [0.1, 0.15) is 173 Å². The van der Waals surface area contributed by atoms with Crippen LogP contribution in [0.2, 0.25) is 25.1 Å². The second-order valence-electron chi connectivity index (χ2n) is 34.3. The minimum Gasteiger partial charge on any atom is -0.507 e. The summed E-state index contributed by atoms with van der Waals surface area (Å²) in [6, 6.07) is 39.8. The van der Waals surface area contributed by atoms with E-state index in [2.05, 4.69) is 61.7 Å². The summed E-state index contributed by atoms with van der Waals surface area (Å²) in [4.78, 5) is 102. The van der Waals surface area contributed by atoms with E-state index in [1.807, 2.05) is 89.2 Å². The molecule has 4 atom stereocenters. The van der Waals surface area contributed by atoms with Crippen LogP contribution in [0, 0.1) is 61.2 Å². The largest absolute Gasteiger partial charge is 0.507 e. The number of phenols is 4. The minimum atomic E-state index is -4.45. The molecule has 762 valence electrons. The number of aliphatic hydroxyl groups excluding tert-OH is 4. The zero-order chi connectivity index (χ0) is 104. The fourth-order valence-electron chi connectivity index (χ4n) is 15.3. The lowest BCUT2D eigenvalue weighted by Gasteiger charge is -2.39. The van der Waals surface area contributed by atoms with Gasteiger partial charge in [0.1, 0.15) is 46.5 Å². The predicted molar refractivity (Wildman–Crippen MR) is 570 cm³/mol. The monoisotopic (exact) mass is 2180 g/mol. The molecule has 7 heterocycles. The lowest BCUT2D eigenvalue weighted by Crippen LogP contribution is -2.48. The van der Waals surface area contributed by atoms with Crippen LogP contribution in [0.15, 0.2) is 146 Å². The van der Waals surface area contributed by atoms with E-state index in [1.54, 1.807) is 83.8 Å². The number of aromatic nitrogens is 5. The Morgan fingerprint density at radius 3 is 1.26 bits per heavy atom. The van der Waals surface area contributed by atoms with E-state index in [0.29, 0.717) is 99.1 Å². The third-order valence-corrected chi connectivity index (χ3v) is 28.6. The Morgan fingerprint density at radius 1 is 0.438 bits per heavy atom. The van der Waals surface area contributed by atoms with E-state index in [9.17, 15) is 87.2 Å². The van der Waals surface area contributed by atoms with Gasteiger partial charge in [0.05, 0.1) is 91.2 Å². The number of anilines is 5. The number of phenolic OH excluding ortho intramolecular Hbond substituents is 4. The number of carbonyl (C=O) groups is 6. The molecule has 28 nitrogen and oxygen atoms in total. The van der Waals surface area contributed by atoms with Crippen molar-refractivity contribution in [1.82, 2.24) is 40.0 Å². The van der Waals surface area contributed by atoms with Gasteiger partial charge in [-0.1, -0.05) is 160 Å². The first-order valence-corrected chi connectivity index (χ1v) is 50.8. The minimum absolute atomic E-state index is 0. The standard InChI is InChI=1S/C27H31ClN4O3S.C18H17ClN2O2S.C16H10ClF3N2O2S.C16H12ClFN2O2S.C16H13ClN2O2S.C8H19NO4.ClH/c1-17-6-7-22-23(14-17)36-26(29-22)30-25(33)21-16-19(28)15-18(2)24(21)35-27(34)32-12-8-20(9-13-32)31-10-4-3-5-11-31;1-9(2)12-7-11(19)8-13(16(12)22)17(23)21-18-20-14-5-4-10(3)6-15(14)24-18;1-7-4-9(17)6-10(13(7)23)14(24)22-15-21-11-3-2-8(16(18,19)20)5-12(11)25-15;1-7-3-11(18)13-12(4-7)23-16(19-13)20-15(22)10-6-9(17)5-8(2)14(10)21;1-8-3-4-13-12(5-8)18-16(22-13)19-15(21)11-7-10(17)6-9(2)14(11)20;1-3-5(10)7(12)8(13)6(11)4-9-2;/h6-7,14-16,20H,3-5,8-13H2,1-2H3,(H,29,30,33);4-9,22H,1-3H3,(H,20,21,23);2-6,23H,1H3,(H,21,22,24);3-6,21H,1-2H3,(H,19,20,22);3-7,20H,1-2H3,(H,18,19,21);5-13H,3-4H2,1-2H3;1H/t;;;;;5-,6+,7-,8-;/m.....1./s1. The van der Waals surface area contributed by atoms with Crippen molar-refractivity contribution in [3.63, 3.8) is 0 Å². The molecule has 10 aromatic carbocycles. The molecule has 0 spiro atoms. The van der Waals surface area contributed by atoms with Crippen molar-refractivity contribution in [3.8, 4) is 28.7 Å². The highest BCUT2D eigenvalue weighted by Gasteiger charge is 2.34. The quantitative estimate of drug-likeness (QED) is 0.0334. The van der Waals surface area contributed by atoms with Crippen molar-refractivity contribution in [2.45, 2.75) is 157 Å². The second-order valence-corrected chi connectivity index (χ2v) is 41.7. The number of hydrogen-bond donors (Lipinski definition) is 14. The molecule has 0 bridgehead atoms. The molecule has 17 rings (SSSR count). The topological polar surface area (TPSA) is 417 Å². The van der Waals surface area contributed by atoms with E-state index < -0.39 is 77.6 Å². The number of nitrogens with one attached hydrogen (secondary N) is 6. The second kappa shape index (κ2) is 50.2. The molecule has 2 saturated heterocycles. The van der Waals surface area contributed by atoms with Crippen LogP contribution in [0.4, 0.5) is 48.0 Å². The van der Waals surface area contributed by atoms with Gasteiger partial charge in [0.2, 0.25) is 0 Å². The number of piperidine rings is 2. The molecular formula is C101H103Cl6F4N13O15S5. The third-order valence-electron chi connectivity index (χ3n) is 22.8. The molecule has 144 heavy (non-hydrogen) atoms. The number of fused-ring (bicyclic) bond motifs is 5. The molecule has 0 radical (unpaired) electrons. The van der Waals surface area contributed by atoms with Crippen molar-refractivity contribution in [2.75, 3.05) is 66.4 Å². The number of alkyl halides is 3. The first-order valence-electron chi connectivity index (χ1n) is 44.8. The van der Waals surface area contributed by atoms with Crippen LogP contribution in [-0.2, 0) is 6.18 Å². The van der Waals surface area contributed by atoms with Crippen LogP contribution < -0.4 is 36.6 Å². The molecular weight excluding hydrogens is 2080 g/mol. The number of aromatic hydroxyl groups is 4. The molecule has 2 fully saturated rings. The van der Waals surface area contributed by atoms with Crippen molar-refractivity contribution in [3.05, 3.63) is 260 Å². The molecule has 0 saturated carbocycles. The number of likely N-dealkylation sites (tertiary alicyclic amines) is 2. The number of amides is 6. The van der Waals surface area contributed by atoms with E-state index in [-0.39, 0.29) is 107 Å². The van der Waals surface area contributed by atoms with E-state index in [0.717, 1.165) is 102 Å². The highest BCUT2D eigenvalue weighted by atomic mass is 35.5. The predicted octanol–water partition coefficient (Wildman–Crippen LogP) is 24.5. The molecule has 2 aliphatic heterocycles. The van der Waals surface area contributed by atoms with E-state index in [1.165, 1.54) is 113 Å². The van der Waals surface area contributed by atoms with Gasteiger partial charge in [-0.25, -0.2) is 34.1 Å². The number of hydrogen-bond acceptors (Lipinski definition) is 27. The van der Waals surface area contributed by atoms with Crippen molar-refractivity contribution in [2.24, 2.45) is 0 Å². The Bertz CT molecular complexity index is 7240. The van der Waals surface area contributed by atoms with Crippen LogP contribution in [0.3, 0.4) is 0 Å². The number of aliphatic hydroxyl groups is 4. The van der Waals surface area contributed by atoms with Crippen LogP contribution >= 0.6 is 127 Å². The Balaban J connectivity index is 0.000000168. The summed E-state index contributed by atoms with van der Waals surface area (Å²) in [6.07, 6.45) is -3.50. The normalized spacial score (nSPS) is 13.5. The molecule has 5 aromatic heterocycles. The Kier molecular flexibility index (Phi) is 39.4. The lowest BCUT2D eigenvalue weighted by atomic mass is 9.99. The number of rotatable bonds is 19. The van der Waals surface area contributed by atoms with E-state index >= 15 is 0 Å². The number of halogens is 10. The summed E-state index contributed by atoms with van der Waals surface area (Å²) in [5.41, 5.74) is 9.67. The summed E-state index contributed by atoms with van der Waals surface area (Å²) in [5, 5.41) is 97.1. The Hall–Kier alpha value is -11.3. The Morgan fingerprint density at radius 2 is 0.812 bits per heavy atom. The van der Waals surface area contributed by atoms with Gasteiger partial charge in [0.15, 0.2) is 31.5 Å². The number of ether oxygens (including phenoxy) is 1. The maximum atomic E-state index is 13.9. The average Bonchev–Trinajstić information content (AvgIpc) is 1.62. The molecule has 43 heteroatoms. The van der Waals surface area contributed by atoms with Crippen molar-refractivity contribution in [1.29, 1.82) is 0 Å². The van der Waals surface area contributed by atoms with E-state index in [4.69, 9.17) is 62.7 Å². The SMILES string of the molecule is CC[C@@H](O)[C@@H](O)[C@H](O)[C@@H](O)CNC.Cc1cc(Cl)cc(C(=O)Nc2nc3ccc(C(F)(F)F)cc3s2)c1O.Cc1cc(F)c2nc(NC(=O)c3cc(Cl)cc(C)c3O)sc2c1.Cc1ccc2nc(NC(=O)c3cc(Cl)cc(C(C)C)c3O)sc2c1.Cc1ccc2nc(NC(=O)c3cc(Cl)cc(C)c3OC(=O)N3CCC(N4CCCCC4)CC3)sc2c1.Cc1ccc2sc(NC(=O)c3cc(Cl)cc(C)c3O)nc2c1.Cl. The maximum absolute atomic E-state index is 13.9. The van der Waals surface area contributed by atoms with Crippen LogP contribution in [-0.4, -0.2) is 181 Å².